The monoisotopic (exact) mass is 332 g/mol. The molecule has 0 aromatic heterocycles. The molecule has 2 saturated heterocycles. The highest BCUT2D eigenvalue weighted by Crippen LogP contribution is 2.27. The molecule has 6 nitrogen and oxygen atoms in total. The number of anilines is 1. The van der Waals surface area contributed by atoms with E-state index in [0.29, 0.717) is 38.6 Å². The van der Waals surface area contributed by atoms with Crippen molar-refractivity contribution in [3.63, 3.8) is 0 Å². The highest BCUT2D eigenvalue weighted by atomic mass is 16.5. The van der Waals surface area contributed by atoms with Crippen LogP contribution in [0.15, 0.2) is 24.3 Å². The van der Waals surface area contributed by atoms with Crippen molar-refractivity contribution in [2.45, 2.75) is 32.2 Å². The van der Waals surface area contributed by atoms with Crippen LogP contribution in [0, 0.1) is 0 Å². The summed E-state index contributed by atoms with van der Waals surface area (Å²) in [6, 6.07) is 6.82. The first-order valence-corrected chi connectivity index (χ1v) is 8.62. The number of nitrogens with zero attached hydrogens (tertiary/aromatic N) is 2. The summed E-state index contributed by atoms with van der Waals surface area (Å²) in [5.41, 5.74) is 0.614. The van der Waals surface area contributed by atoms with Crippen molar-refractivity contribution in [1.82, 2.24) is 4.90 Å². The third-order valence-electron chi connectivity index (χ3n) is 4.47. The second-order valence-electron chi connectivity index (χ2n) is 6.13. The highest BCUT2D eigenvalue weighted by molar-refractivity contribution is 6.22. The van der Waals surface area contributed by atoms with Gasteiger partial charge in [-0.3, -0.25) is 14.5 Å². The molecule has 1 aromatic rings. The van der Waals surface area contributed by atoms with Gasteiger partial charge in [0, 0.05) is 13.1 Å². The zero-order valence-corrected chi connectivity index (χ0v) is 14.1. The number of rotatable bonds is 6. The van der Waals surface area contributed by atoms with Gasteiger partial charge in [-0.05, 0) is 30.7 Å². The molecule has 6 heteroatoms. The van der Waals surface area contributed by atoms with Crippen molar-refractivity contribution in [1.29, 1.82) is 0 Å². The zero-order chi connectivity index (χ0) is 16.9. The first kappa shape index (κ1) is 16.9. The standard InChI is InChI=1S/C18H24N2O4/c1-2-3-10-24-15-6-4-14(5-7-15)20-17(21)13-16(18(20)22)19-8-11-23-12-9-19/h4-7,16H,2-3,8-13H2,1H3/t16-/m0/s1. The first-order chi connectivity index (χ1) is 11.7. The molecule has 0 radical (unpaired) electrons. The Bertz CT molecular complexity index is 581. The fraction of sp³-hybridized carbons (Fsp3) is 0.556. The number of unbranched alkanes of at least 4 members (excludes halogenated alkanes) is 1. The number of hydrogen-bond acceptors (Lipinski definition) is 5. The Labute approximate surface area is 142 Å². The Kier molecular flexibility index (Phi) is 5.48. The summed E-state index contributed by atoms with van der Waals surface area (Å²) in [4.78, 5) is 28.4. The molecule has 24 heavy (non-hydrogen) atoms. The first-order valence-electron chi connectivity index (χ1n) is 8.62. The van der Waals surface area contributed by atoms with Gasteiger partial charge in [0.15, 0.2) is 0 Å². The summed E-state index contributed by atoms with van der Waals surface area (Å²) in [5, 5.41) is 0. The lowest BCUT2D eigenvalue weighted by molar-refractivity contribution is -0.123. The maximum atomic E-state index is 12.7. The normalized spacial score (nSPS) is 22.2. The molecule has 1 aromatic carbocycles. The second kappa shape index (κ2) is 7.77. The van der Waals surface area contributed by atoms with Crippen LogP contribution in [0.2, 0.25) is 0 Å². The number of carbonyl (C=O) groups excluding carboxylic acids is 2. The predicted octanol–water partition coefficient (Wildman–Crippen LogP) is 1.83. The molecule has 2 amide bonds. The Morgan fingerprint density at radius 3 is 2.54 bits per heavy atom. The van der Waals surface area contributed by atoms with Crippen LogP contribution in [0.1, 0.15) is 26.2 Å². The molecule has 2 heterocycles. The van der Waals surface area contributed by atoms with E-state index in [1.165, 1.54) is 4.90 Å². The Balaban J connectivity index is 1.67. The van der Waals surface area contributed by atoms with Crippen molar-refractivity contribution >= 4 is 17.5 Å². The van der Waals surface area contributed by atoms with E-state index >= 15 is 0 Å². The quantitative estimate of drug-likeness (QED) is 0.587. The van der Waals surface area contributed by atoms with E-state index in [1.54, 1.807) is 12.1 Å². The van der Waals surface area contributed by atoms with Crippen molar-refractivity contribution < 1.29 is 19.1 Å². The largest absolute Gasteiger partial charge is 0.494 e. The number of hydrogen-bond donors (Lipinski definition) is 0. The summed E-state index contributed by atoms with van der Waals surface area (Å²) < 4.78 is 10.9. The topological polar surface area (TPSA) is 59.1 Å². The molecule has 0 N–H and O–H groups in total. The van der Waals surface area contributed by atoms with E-state index in [-0.39, 0.29) is 24.3 Å². The van der Waals surface area contributed by atoms with Gasteiger partial charge in [-0.1, -0.05) is 13.3 Å². The van der Waals surface area contributed by atoms with Crippen LogP contribution in [0.3, 0.4) is 0 Å². The smallest absolute Gasteiger partial charge is 0.251 e. The van der Waals surface area contributed by atoms with Gasteiger partial charge < -0.3 is 9.47 Å². The van der Waals surface area contributed by atoms with E-state index in [2.05, 4.69) is 6.92 Å². The van der Waals surface area contributed by atoms with Crippen molar-refractivity contribution in [2.24, 2.45) is 0 Å². The van der Waals surface area contributed by atoms with Gasteiger partial charge in [0.2, 0.25) is 5.91 Å². The van der Waals surface area contributed by atoms with Gasteiger partial charge in [0.05, 0.1) is 38.0 Å². The molecular formula is C18H24N2O4. The molecular weight excluding hydrogens is 308 g/mol. The minimum absolute atomic E-state index is 0.137. The molecule has 1 atom stereocenters. The number of amides is 2. The minimum Gasteiger partial charge on any atom is -0.494 e. The predicted molar refractivity (Wildman–Crippen MR) is 90.1 cm³/mol. The van der Waals surface area contributed by atoms with Crippen LogP contribution in [-0.2, 0) is 14.3 Å². The molecule has 0 spiro atoms. The fourth-order valence-corrected chi connectivity index (χ4v) is 3.09. The molecule has 0 saturated carbocycles. The van der Waals surface area contributed by atoms with Crippen molar-refractivity contribution in [3.8, 4) is 5.75 Å². The lowest BCUT2D eigenvalue weighted by atomic mass is 10.2. The maximum absolute atomic E-state index is 12.7. The highest BCUT2D eigenvalue weighted by Gasteiger charge is 2.42. The number of morpholine rings is 1. The number of carbonyl (C=O) groups is 2. The third kappa shape index (κ3) is 3.60. The summed E-state index contributed by atoms with van der Waals surface area (Å²) in [5.74, 6) is 0.480. The van der Waals surface area contributed by atoms with E-state index in [1.807, 2.05) is 17.0 Å². The Morgan fingerprint density at radius 1 is 1.17 bits per heavy atom. The number of benzene rings is 1. The van der Waals surface area contributed by atoms with Crippen LogP contribution in [-0.4, -0.2) is 55.7 Å². The molecule has 130 valence electrons. The summed E-state index contributed by atoms with van der Waals surface area (Å²) in [6.45, 7) is 5.41. The second-order valence-corrected chi connectivity index (χ2v) is 6.13. The number of imide groups is 1. The van der Waals surface area contributed by atoms with E-state index in [4.69, 9.17) is 9.47 Å². The van der Waals surface area contributed by atoms with Crippen LogP contribution in [0.25, 0.3) is 0 Å². The summed E-state index contributed by atoms with van der Waals surface area (Å²) in [7, 11) is 0. The number of ether oxygens (including phenoxy) is 2. The zero-order valence-electron chi connectivity index (χ0n) is 14.1. The SMILES string of the molecule is CCCCOc1ccc(N2C(=O)C[C@H](N3CCOCC3)C2=O)cc1. The van der Waals surface area contributed by atoms with Gasteiger partial charge in [-0.15, -0.1) is 0 Å². The molecule has 2 aliphatic heterocycles. The fourth-order valence-electron chi connectivity index (χ4n) is 3.09. The molecule has 0 aliphatic carbocycles. The van der Waals surface area contributed by atoms with Crippen LogP contribution >= 0.6 is 0 Å². The minimum atomic E-state index is -0.359. The lowest BCUT2D eigenvalue weighted by Gasteiger charge is -2.30. The van der Waals surface area contributed by atoms with Gasteiger partial charge in [0.1, 0.15) is 5.75 Å². The molecule has 2 fully saturated rings. The van der Waals surface area contributed by atoms with E-state index in [9.17, 15) is 9.59 Å². The van der Waals surface area contributed by atoms with Crippen molar-refractivity contribution in [3.05, 3.63) is 24.3 Å². The van der Waals surface area contributed by atoms with E-state index in [0.717, 1.165) is 18.6 Å². The van der Waals surface area contributed by atoms with Gasteiger partial charge in [-0.2, -0.15) is 0 Å². The maximum Gasteiger partial charge on any atom is 0.251 e. The van der Waals surface area contributed by atoms with E-state index < -0.39 is 0 Å². The van der Waals surface area contributed by atoms with Gasteiger partial charge in [-0.25, -0.2) is 4.90 Å². The molecule has 3 rings (SSSR count). The summed E-state index contributed by atoms with van der Waals surface area (Å²) >= 11 is 0. The Morgan fingerprint density at radius 2 is 1.88 bits per heavy atom. The van der Waals surface area contributed by atoms with Crippen LogP contribution < -0.4 is 9.64 Å². The van der Waals surface area contributed by atoms with Crippen molar-refractivity contribution in [2.75, 3.05) is 37.8 Å². The Hall–Kier alpha value is -1.92. The summed E-state index contributed by atoms with van der Waals surface area (Å²) in [6.07, 6.45) is 2.33. The average Bonchev–Trinajstić information content (AvgIpc) is 2.91. The van der Waals surface area contributed by atoms with Crippen LogP contribution in [0.4, 0.5) is 5.69 Å². The average molecular weight is 332 g/mol. The molecule has 2 aliphatic rings. The lowest BCUT2D eigenvalue weighted by Crippen LogP contribution is -2.47. The van der Waals surface area contributed by atoms with Crippen LogP contribution in [0.5, 0.6) is 5.75 Å². The molecule has 0 bridgehead atoms. The van der Waals surface area contributed by atoms with Gasteiger partial charge in [0.25, 0.3) is 5.91 Å². The molecule has 0 unspecified atom stereocenters. The third-order valence-corrected chi connectivity index (χ3v) is 4.47. The van der Waals surface area contributed by atoms with Gasteiger partial charge >= 0.3 is 0 Å².